The van der Waals surface area contributed by atoms with Crippen LogP contribution in [-0.4, -0.2) is 24.2 Å². The Kier molecular flexibility index (Phi) is 6.07. The van der Waals surface area contributed by atoms with E-state index in [2.05, 4.69) is 10.6 Å². The molecule has 0 unspecified atom stereocenters. The maximum Gasteiger partial charge on any atom is 0.227 e. The van der Waals surface area contributed by atoms with E-state index in [0.29, 0.717) is 24.7 Å². The molecule has 1 heterocycles. The number of anilines is 2. The van der Waals surface area contributed by atoms with Gasteiger partial charge in [-0.05, 0) is 61.5 Å². The second-order valence-electron chi connectivity index (χ2n) is 6.08. The second-order valence-corrected chi connectivity index (χ2v) is 6.49. The quantitative estimate of drug-likeness (QED) is 0.761. The van der Waals surface area contributed by atoms with Crippen LogP contribution in [0.3, 0.4) is 0 Å². The van der Waals surface area contributed by atoms with Crippen molar-refractivity contribution in [3.8, 4) is 5.75 Å². The second kappa shape index (κ2) is 8.67. The summed E-state index contributed by atoms with van der Waals surface area (Å²) < 4.78 is 5.44. The van der Waals surface area contributed by atoms with Gasteiger partial charge in [0.1, 0.15) is 5.75 Å². The Morgan fingerprint density at radius 1 is 1.23 bits per heavy atom. The molecule has 0 aromatic heterocycles. The van der Waals surface area contributed by atoms with Crippen LogP contribution < -0.4 is 20.3 Å². The Hall–Kier alpha value is -2.60. The van der Waals surface area contributed by atoms with Gasteiger partial charge in [0.2, 0.25) is 5.91 Å². The monoisotopic (exact) mass is 369 g/mol. The fourth-order valence-corrected chi connectivity index (χ4v) is 3.09. The van der Waals surface area contributed by atoms with E-state index in [0.717, 1.165) is 35.7 Å². The van der Waals surface area contributed by atoms with Crippen LogP contribution in [0.5, 0.6) is 5.75 Å². The van der Waals surface area contributed by atoms with Crippen LogP contribution >= 0.6 is 12.2 Å². The van der Waals surface area contributed by atoms with Gasteiger partial charge in [0, 0.05) is 30.9 Å². The van der Waals surface area contributed by atoms with E-state index in [1.54, 1.807) is 0 Å². The van der Waals surface area contributed by atoms with E-state index in [4.69, 9.17) is 17.0 Å². The molecule has 2 aromatic carbocycles. The molecule has 1 fully saturated rings. The third kappa shape index (κ3) is 4.73. The lowest BCUT2D eigenvalue weighted by molar-refractivity contribution is -0.117. The summed E-state index contributed by atoms with van der Waals surface area (Å²) in [5.74, 6) is 1.04. The summed E-state index contributed by atoms with van der Waals surface area (Å²) in [6, 6.07) is 15.7. The molecule has 136 valence electrons. The molecule has 5 nitrogen and oxygen atoms in total. The number of carbonyl (C=O) groups is 1. The topological polar surface area (TPSA) is 53.6 Å². The summed E-state index contributed by atoms with van der Waals surface area (Å²) in [6.07, 6.45) is 1.54. The highest BCUT2D eigenvalue weighted by atomic mass is 32.1. The number of rotatable bonds is 6. The molecule has 2 N–H and O–H groups in total. The summed E-state index contributed by atoms with van der Waals surface area (Å²) in [5.41, 5.74) is 2.90. The van der Waals surface area contributed by atoms with Crippen LogP contribution in [0.4, 0.5) is 11.4 Å². The summed E-state index contributed by atoms with van der Waals surface area (Å²) in [7, 11) is 0. The van der Waals surface area contributed by atoms with Crippen molar-refractivity contribution >= 4 is 34.6 Å². The Morgan fingerprint density at radius 2 is 2.04 bits per heavy atom. The molecule has 2 aromatic rings. The van der Waals surface area contributed by atoms with Gasteiger partial charge >= 0.3 is 0 Å². The van der Waals surface area contributed by atoms with Gasteiger partial charge in [0.25, 0.3) is 0 Å². The van der Waals surface area contributed by atoms with Gasteiger partial charge < -0.3 is 20.3 Å². The molecule has 1 aliphatic rings. The van der Waals surface area contributed by atoms with Crippen molar-refractivity contribution in [2.75, 3.05) is 23.4 Å². The average Bonchev–Trinajstić information content (AvgIpc) is 3.08. The predicted octanol–water partition coefficient (Wildman–Crippen LogP) is 3.70. The normalized spacial score (nSPS) is 13.6. The summed E-state index contributed by atoms with van der Waals surface area (Å²) in [4.78, 5) is 13.7. The van der Waals surface area contributed by atoms with E-state index in [1.165, 1.54) is 0 Å². The van der Waals surface area contributed by atoms with Gasteiger partial charge in [-0.15, -0.1) is 0 Å². The highest BCUT2D eigenvalue weighted by molar-refractivity contribution is 7.80. The number of hydrogen-bond donors (Lipinski definition) is 2. The van der Waals surface area contributed by atoms with Crippen molar-refractivity contribution in [3.63, 3.8) is 0 Å². The zero-order chi connectivity index (χ0) is 18.4. The summed E-state index contributed by atoms with van der Waals surface area (Å²) >= 11 is 5.38. The van der Waals surface area contributed by atoms with Gasteiger partial charge in [0.15, 0.2) is 5.11 Å². The number of thiocarbonyl (C=S) groups is 1. The van der Waals surface area contributed by atoms with E-state index in [-0.39, 0.29) is 5.91 Å². The Morgan fingerprint density at radius 3 is 2.73 bits per heavy atom. The molecule has 0 atom stereocenters. The molecule has 0 spiro atoms. The zero-order valence-corrected chi connectivity index (χ0v) is 15.6. The van der Waals surface area contributed by atoms with Gasteiger partial charge in [-0.1, -0.05) is 18.2 Å². The van der Waals surface area contributed by atoms with Gasteiger partial charge in [-0.2, -0.15) is 0 Å². The lowest BCUT2D eigenvalue weighted by atomic mass is 10.2. The predicted molar refractivity (Wildman–Crippen MR) is 109 cm³/mol. The average molecular weight is 369 g/mol. The van der Waals surface area contributed by atoms with Gasteiger partial charge in [-0.25, -0.2) is 0 Å². The van der Waals surface area contributed by atoms with Gasteiger partial charge in [-0.3, -0.25) is 4.79 Å². The first-order chi connectivity index (χ1) is 12.7. The number of hydrogen-bond acceptors (Lipinski definition) is 3. The molecular weight excluding hydrogens is 346 g/mol. The Bertz CT molecular complexity index is 777. The van der Waals surface area contributed by atoms with Crippen LogP contribution in [0, 0.1) is 0 Å². The number of amides is 1. The molecule has 3 rings (SSSR count). The maximum absolute atomic E-state index is 11.9. The molecule has 6 heteroatoms. The fraction of sp³-hybridized carbons (Fsp3) is 0.300. The highest BCUT2D eigenvalue weighted by Gasteiger charge is 2.21. The van der Waals surface area contributed by atoms with E-state index < -0.39 is 0 Å². The van der Waals surface area contributed by atoms with Crippen molar-refractivity contribution in [1.82, 2.24) is 5.32 Å². The largest absolute Gasteiger partial charge is 0.494 e. The molecule has 1 aliphatic heterocycles. The molecule has 1 saturated heterocycles. The molecule has 0 radical (unpaired) electrons. The molecule has 1 amide bonds. The number of nitrogens with one attached hydrogen (secondary N) is 2. The van der Waals surface area contributed by atoms with Crippen LogP contribution in [-0.2, 0) is 11.3 Å². The van der Waals surface area contributed by atoms with Crippen LogP contribution in [0.1, 0.15) is 25.3 Å². The van der Waals surface area contributed by atoms with Crippen molar-refractivity contribution < 1.29 is 9.53 Å². The fourth-order valence-electron chi connectivity index (χ4n) is 2.90. The van der Waals surface area contributed by atoms with Crippen molar-refractivity contribution in [1.29, 1.82) is 0 Å². The number of nitrogens with zero attached hydrogens (tertiary/aromatic N) is 1. The molecule has 0 aliphatic carbocycles. The molecular formula is C20H23N3O2S. The van der Waals surface area contributed by atoms with Gasteiger partial charge in [0.05, 0.1) is 6.61 Å². The minimum Gasteiger partial charge on any atom is -0.494 e. The van der Waals surface area contributed by atoms with Crippen molar-refractivity contribution in [3.05, 3.63) is 54.1 Å². The zero-order valence-electron chi connectivity index (χ0n) is 14.8. The number of benzene rings is 2. The third-order valence-electron chi connectivity index (χ3n) is 4.18. The first-order valence-electron chi connectivity index (χ1n) is 8.82. The molecule has 0 bridgehead atoms. The maximum atomic E-state index is 11.9. The lowest BCUT2D eigenvalue weighted by Gasteiger charge is -2.17. The summed E-state index contributed by atoms with van der Waals surface area (Å²) in [6.45, 7) is 4.03. The van der Waals surface area contributed by atoms with Crippen LogP contribution in [0.15, 0.2) is 48.5 Å². The van der Waals surface area contributed by atoms with E-state index >= 15 is 0 Å². The number of ether oxygens (including phenoxy) is 1. The standard InChI is InChI=1S/C20H23N3O2S/c1-2-25-18-10-8-15(9-11-18)14-21-20(26)22-16-5-3-6-17(13-16)23-12-4-7-19(23)24/h3,5-6,8-11,13H,2,4,7,12,14H2,1H3,(H2,21,22,26). The highest BCUT2D eigenvalue weighted by Crippen LogP contribution is 2.24. The smallest absolute Gasteiger partial charge is 0.227 e. The summed E-state index contributed by atoms with van der Waals surface area (Å²) in [5, 5.41) is 6.92. The Balaban J connectivity index is 1.54. The van der Waals surface area contributed by atoms with Crippen LogP contribution in [0.25, 0.3) is 0 Å². The van der Waals surface area contributed by atoms with Crippen molar-refractivity contribution in [2.24, 2.45) is 0 Å². The molecule has 0 saturated carbocycles. The van der Waals surface area contributed by atoms with Crippen LogP contribution in [0.2, 0.25) is 0 Å². The minimum absolute atomic E-state index is 0.179. The Labute approximate surface area is 159 Å². The van der Waals surface area contributed by atoms with E-state index in [1.807, 2.05) is 60.4 Å². The van der Waals surface area contributed by atoms with E-state index in [9.17, 15) is 4.79 Å². The minimum atomic E-state index is 0.179. The first kappa shape index (κ1) is 18.2. The molecule has 26 heavy (non-hydrogen) atoms. The third-order valence-corrected chi connectivity index (χ3v) is 4.42. The SMILES string of the molecule is CCOc1ccc(CNC(=S)Nc2cccc(N3CCCC3=O)c2)cc1. The number of carbonyl (C=O) groups excluding carboxylic acids is 1. The lowest BCUT2D eigenvalue weighted by Crippen LogP contribution is -2.28. The van der Waals surface area contributed by atoms with Crippen molar-refractivity contribution in [2.45, 2.75) is 26.3 Å². The first-order valence-corrected chi connectivity index (χ1v) is 9.23.